The summed E-state index contributed by atoms with van der Waals surface area (Å²) in [5.41, 5.74) is 17.9. The van der Waals surface area contributed by atoms with E-state index in [0.717, 1.165) is 0 Å². The Bertz CT molecular complexity index is 645. The zero-order chi connectivity index (χ0) is 14.4. The van der Waals surface area contributed by atoms with Gasteiger partial charge < -0.3 is 32.2 Å². The number of ether oxygens (including phenoxy) is 1. The number of aliphatic hydroxyl groups is 2. The molecule has 0 saturated carbocycles. The van der Waals surface area contributed by atoms with Crippen molar-refractivity contribution in [3.8, 4) is 0 Å². The summed E-state index contributed by atoms with van der Waals surface area (Å²) in [6, 6.07) is -0.734. The number of nitrogens with zero attached hydrogens (tertiary/aromatic N) is 4. The van der Waals surface area contributed by atoms with Gasteiger partial charge in [0.2, 0.25) is 5.95 Å². The Kier molecular flexibility index (Phi) is 2.94. The summed E-state index contributed by atoms with van der Waals surface area (Å²) in [7, 11) is 0. The van der Waals surface area contributed by atoms with Crippen molar-refractivity contribution in [1.82, 2.24) is 19.5 Å². The zero-order valence-corrected chi connectivity index (χ0v) is 10.4. The van der Waals surface area contributed by atoms with Crippen LogP contribution in [0.4, 0.5) is 11.8 Å². The van der Waals surface area contributed by atoms with Gasteiger partial charge in [-0.25, -0.2) is 4.98 Å². The smallest absolute Gasteiger partial charge is 0.224 e. The highest BCUT2D eigenvalue weighted by molar-refractivity contribution is 5.82. The van der Waals surface area contributed by atoms with Gasteiger partial charge in [0, 0.05) is 0 Å². The Morgan fingerprint density at radius 1 is 1.35 bits per heavy atom. The van der Waals surface area contributed by atoms with E-state index in [1.54, 1.807) is 0 Å². The van der Waals surface area contributed by atoms with Gasteiger partial charge in [0.1, 0.15) is 17.7 Å². The van der Waals surface area contributed by atoms with Crippen molar-refractivity contribution in [1.29, 1.82) is 0 Å². The van der Waals surface area contributed by atoms with Gasteiger partial charge in [0.05, 0.1) is 19.0 Å². The van der Waals surface area contributed by atoms with Crippen molar-refractivity contribution in [2.24, 2.45) is 5.73 Å². The second-order valence-corrected chi connectivity index (χ2v) is 4.61. The van der Waals surface area contributed by atoms with Crippen LogP contribution in [0.25, 0.3) is 11.2 Å². The van der Waals surface area contributed by atoms with E-state index >= 15 is 0 Å². The lowest BCUT2D eigenvalue weighted by Crippen LogP contribution is -2.39. The molecular formula is C10H15N7O3. The highest BCUT2D eigenvalue weighted by Crippen LogP contribution is 2.30. The molecule has 2 aromatic heterocycles. The largest absolute Gasteiger partial charge is 0.394 e. The first-order chi connectivity index (χ1) is 9.52. The van der Waals surface area contributed by atoms with Crippen LogP contribution in [0, 0.1) is 0 Å². The third-order valence-corrected chi connectivity index (χ3v) is 3.34. The van der Waals surface area contributed by atoms with Crippen LogP contribution in [0.3, 0.4) is 0 Å². The molecule has 1 saturated heterocycles. The summed E-state index contributed by atoms with van der Waals surface area (Å²) < 4.78 is 7.04. The molecule has 4 atom stereocenters. The van der Waals surface area contributed by atoms with Crippen molar-refractivity contribution < 1.29 is 14.9 Å². The van der Waals surface area contributed by atoms with Gasteiger partial charge in [-0.1, -0.05) is 0 Å². The van der Waals surface area contributed by atoms with E-state index in [0.29, 0.717) is 11.2 Å². The summed E-state index contributed by atoms with van der Waals surface area (Å²) in [4.78, 5) is 12.0. The first-order valence-electron chi connectivity index (χ1n) is 5.98. The summed E-state index contributed by atoms with van der Waals surface area (Å²) in [5, 5.41) is 19.0. The number of nitrogens with two attached hydrogens (primary N) is 3. The molecule has 10 nitrogen and oxygen atoms in total. The summed E-state index contributed by atoms with van der Waals surface area (Å²) in [6.07, 6.45) is -1.03. The molecule has 1 aliphatic heterocycles. The van der Waals surface area contributed by atoms with Crippen LogP contribution in [0.1, 0.15) is 6.23 Å². The van der Waals surface area contributed by atoms with Gasteiger partial charge in [-0.3, -0.25) is 4.57 Å². The first kappa shape index (κ1) is 13.0. The Morgan fingerprint density at radius 2 is 2.10 bits per heavy atom. The normalized spacial score (nSPS) is 30.1. The van der Waals surface area contributed by atoms with Crippen LogP contribution in [0.2, 0.25) is 0 Å². The lowest BCUT2D eigenvalue weighted by Gasteiger charge is -2.17. The zero-order valence-electron chi connectivity index (χ0n) is 10.4. The first-order valence-corrected chi connectivity index (χ1v) is 5.98. The molecule has 3 rings (SSSR count). The predicted octanol–water partition coefficient (Wildman–Crippen LogP) is -2.43. The third kappa shape index (κ3) is 1.78. The molecule has 0 radical (unpaired) electrons. The molecule has 1 fully saturated rings. The average molecular weight is 281 g/mol. The van der Waals surface area contributed by atoms with E-state index in [4.69, 9.17) is 27.0 Å². The highest BCUT2D eigenvalue weighted by atomic mass is 16.5. The van der Waals surface area contributed by atoms with Crippen molar-refractivity contribution in [2.75, 3.05) is 18.1 Å². The van der Waals surface area contributed by atoms with Gasteiger partial charge in [-0.2, -0.15) is 9.97 Å². The SMILES string of the molecule is Nc1nc(N)c2ncn([C@@H]3O[C@H](CO)[C@@H](O)[C@H]3N)c2n1. The van der Waals surface area contributed by atoms with Gasteiger partial charge in [0.25, 0.3) is 0 Å². The summed E-state index contributed by atoms with van der Waals surface area (Å²) >= 11 is 0. The molecule has 2 aromatic rings. The quantitative estimate of drug-likeness (QED) is 0.401. The Labute approximate surface area is 113 Å². The molecule has 108 valence electrons. The second-order valence-electron chi connectivity index (χ2n) is 4.61. The maximum Gasteiger partial charge on any atom is 0.224 e. The maximum atomic E-state index is 9.88. The van der Waals surface area contributed by atoms with Gasteiger partial charge in [0.15, 0.2) is 17.7 Å². The number of aromatic nitrogens is 4. The van der Waals surface area contributed by atoms with Crippen LogP contribution in [0.5, 0.6) is 0 Å². The van der Waals surface area contributed by atoms with E-state index in [-0.39, 0.29) is 18.4 Å². The lowest BCUT2D eigenvalue weighted by atomic mass is 10.1. The van der Waals surface area contributed by atoms with E-state index in [1.807, 2.05) is 0 Å². The fourth-order valence-electron chi connectivity index (χ4n) is 2.31. The molecule has 0 bridgehead atoms. The second kappa shape index (κ2) is 4.52. The monoisotopic (exact) mass is 281 g/mol. The minimum absolute atomic E-state index is 0.00238. The van der Waals surface area contributed by atoms with Crippen molar-refractivity contribution in [3.63, 3.8) is 0 Å². The van der Waals surface area contributed by atoms with Crippen molar-refractivity contribution >= 4 is 22.9 Å². The number of anilines is 2. The predicted molar refractivity (Wildman–Crippen MR) is 69.1 cm³/mol. The van der Waals surface area contributed by atoms with Crippen LogP contribution >= 0.6 is 0 Å². The van der Waals surface area contributed by atoms with E-state index in [2.05, 4.69) is 15.0 Å². The third-order valence-electron chi connectivity index (χ3n) is 3.34. The number of nitrogen functional groups attached to an aromatic ring is 2. The van der Waals surface area contributed by atoms with E-state index in [9.17, 15) is 5.11 Å². The molecule has 0 amide bonds. The van der Waals surface area contributed by atoms with Crippen LogP contribution in [-0.2, 0) is 4.74 Å². The van der Waals surface area contributed by atoms with Crippen molar-refractivity contribution in [2.45, 2.75) is 24.5 Å². The molecule has 20 heavy (non-hydrogen) atoms. The molecule has 0 aliphatic carbocycles. The maximum absolute atomic E-state index is 9.88. The molecule has 10 heteroatoms. The average Bonchev–Trinajstić information content (AvgIpc) is 2.93. The fraction of sp³-hybridized carbons (Fsp3) is 0.500. The van der Waals surface area contributed by atoms with Crippen molar-refractivity contribution in [3.05, 3.63) is 6.33 Å². The Balaban J connectivity index is 2.07. The topological polar surface area (TPSA) is 171 Å². The number of hydrogen-bond acceptors (Lipinski definition) is 9. The summed E-state index contributed by atoms with van der Waals surface area (Å²) in [6.45, 7) is -0.336. The van der Waals surface area contributed by atoms with E-state index in [1.165, 1.54) is 10.9 Å². The van der Waals surface area contributed by atoms with Gasteiger partial charge >= 0.3 is 0 Å². The highest BCUT2D eigenvalue weighted by Gasteiger charge is 2.42. The van der Waals surface area contributed by atoms with Gasteiger partial charge in [-0.15, -0.1) is 0 Å². The number of rotatable bonds is 2. The number of imidazole rings is 1. The molecular weight excluding hydrogens is 266 g/mol. The lowest BCUT2D eigenvalue weighted by molar-refractivity contribution is -0.0437. The number of fused-ring (bicyclic) bond motifs is 1. The molecule has 3 heterocycles. The molecule has 0 spiro atoms. The minimum atomic E-state index is -0.987. The number of hydrogen-bond donors (Lipinski definition) is 5. The van der Waals surface area contributed by atoms with Gasteiger partial charge in [-0.05, 0) is 0 Å². The van der Waals surface area contributed by atoms with Crippen LogP contribution in [0.15, 0.2) is 6.33 Å². The van der Waals surface area contributed by atoms with Crippen LogP contribution in [-0.4, -0.2) is 54.6 Å². The molecule has 8 N–H and O–H groups in total. The molecule has 0 aromatic carbocycles. The standard InChI is InChI=1S/C10H15N7O3/c11-4-6(19)3(1-18)20-9(4)17-2-14-5-7(12)15-10(13)16-8(5)17/h2-4,6,9,18-19H,1,11H2,(H4,12,13,15,16)/t3-,4-,6-,9-/m1/s1. The molecule has 1 aliphatic rings. The van der Waals surface area contributed by atoms with Crippen LogP contribution < -0.4 is 17.2 Å². The summed E-state index contributed by atoms with van der Waals surface area (Å²) in [5.74, 6) is 0.152. The Morgan fingerprint density at radius 3 is 2.75 bits per heavy atom. The minimum Gasteiger partial charge on any atom is -0.394 e. The Hall–Kier alpha value is -2.01. The van der Waals surface area contributed by atoms with E-state index < -0.39 is 24.5 Å². The fourth-order valence-corrected chi connectivity index (χ4v) is 2.31. The molecule has 0 unspecified atom stereocenters. The number of aliphatic hydroxyl groups excluding tert-OH is 2.